The van der Waals surface area contributed by atoms with Crippen molar-refractivity contribution in [2.24, 2.45) is 5.92 Å². The molecule has 0 bridgehead atoms. The Hall–Kier alpha value is -2.54. The maximum absolute atomic E-state index is 12.7. The lowest BCUT2D eigenvalue weighted by atomic mass is 9.97. The third-order valence-corrected chi connectivity index (χ3v) is 5.61. The largest absolute Gasteiger partial charge is 0.497 e. The second-order valence-corrected chi connectivity index (χ2v) is 7.41. The summed E-state index contributed by atoms with van der Waals surface area (Å²) >= 11 is 1.43. The lowest BCUT2D eigenvalue weighted by Gasteiger charge is -2.31. The van der Waals surface area contributed by atoms with Crippen LogP contribution in [-0.2, 0) is 11.3 Å². The molecule has 1 fully saturated rings. The molecular weight excluding hydrogens is 364 g/mol. The van der Waals surface area contributed by atoms with Gasteiger partial charge in [-0.05, 0) is 42.5 Å². The SMILES string of the molecule is COc1ccc(OC)c(CNC(=O)C2CCCN(C(=O)c3cccs3)C2)c1. The summed E-state index contributed by atoms with van der Waals surface area (Å²) in [6.45, 7) is 1.51. The molecule has 1 atom stereocenters. The van der Waals surface area contributed by atoms with Crippen LogP contribution in [0.1, 0.15) is 28.1 Å². The highest BCUT2D eigenvalue weighted by molar-refractivity contribution is 7.12. The van der Waals surface area contributed by atoms with Crippen molar-refractivity contribution in [3.63, 3.8) is 0 Å². The molecule has 1 unspecified atom stereocenters. The Bertz CT molecular complexity index is 791. The van der Waals surface area contributed by atoms with E-state index in [1.165, 1.54) is 11.3 Å². The number of methoxy groups -OCH3 is 2. The summed E-state index contributed by atoms with van der Waals surface area (Å²) in [6, 6.07) is 9.19. The van der Waals surface area contributed by atoms with Gasteiger partial charge in [-0.1, -0.05) is 6.07 Å². The summed E-state index contributed by atoms with van der Waals surface area (Å²) in [4.78, 5) is 27.7. The van der Waals surface area contributed by atoms with E-state index in [0.717, 1.165) is 23.3 Å². The van der Waals surface area contributed by atoms with Crippen molar-refractivity contribution in [2.75, 3.05) is 27.3 Å². The lowest BCUT2D eigenvalue weighted by molar-refractivity contribution is -0.126. The Labute approximate surface area is 163 Å². The number of piperidine rings is 1. The van der Waals surface area contributed by atoms with Gasteiger partial charge in [-0.25, -0.2) is 0 Å². The average Bonchev–Trinajstić information content (AvgIpc) is 3.26. The summed E-state index contributed by atoms with van der Waals surface area (Å²) in [5.74, 6) is 1.19. The minimum Gasteiger partial charge on any atom is -0.497 e. The molecule has 7 heteroatoms. The molecular formula is C20H24N2O4S. The predicted octanol–water partition coefficient (Wildman–Crippen LogP) is 2.93. The predicted molar refractivity (Wildman–Crippen MR) is 104 cm³/mol. The molecule has 1 aliphatic heterocycles. The quantitative estimate of drug-likeness (QED) is 0.826. The molecule has 1 aromatic carbocycles. The summed E-state index contributed by atoms with van der Waals surface area (Å²) in [5.41, 5.74) is 0.854. The zero-order chi connectivity index (χ0) is 19.2. The third-order valence-electron chi connectivity index (χ3n) is 4.75. The Morgan fingerprint density at radius 1 is 1.26 bits per heavy atom. The fraction of sp³-hybridized carbons (Fsp3) is 0.400. The molecule has 3 rings (SSSR count). The van der Waals surface area contributed by atoms with E-state index in [9.17, 15) is 9.59 Å². The molecule has 1 aliphatic rings. The van der Waals surface area contributed by atoms with Crippen molar-refractivity contribution < 1.29 is 19.1 Å². The van der Waals surface area contributed by atoms with Crippen LogP contribution in [0.3, 0.4) is 0 Å². The summed E-state index contributed by atoms with van der Waals surface area (Å²) in [5, 5.41) is 4.87. The van der Waals surface area contributed by atoms with Gasteiger partial charge in [-0.15, -0.1) is 11.3 Å². The number of ether oxygens (including phenoxy) is 2. The van der Waals surface area contributed by atoms with Gasteiger partial charge in [0.05, 0.1) is 25.0 Å². The van der Waals surface area contributed by atoms with Gasteiger partial charge in [-0.3, -0.25) is 9.59 Å². The zero-order valence-electron chi connectivity index (χ0n) is 15.6. The first-order chi connectivity index (χ1) is 13.1. The van der Waals surface area contributed by atoms with E-state index in [1.54, 1.807) is 19.1 Å². The number of nitrogens with zero attached hydrogens (tertiary/aromatic N) is 1. The van der Waals surface area contributed by atoms with Gasteiger partial charge in [0.2, 0.25) is 5.91 Å². The Morgan fingerprint density at radius 2 is 2.11 bits per heavy atom. The van der Waals surface area contributed by atoms with Crippen LogP contribution in [0.2, 0.25) is 0 Å². The van der Waals surface area contributed by atoms with E-state index in [2.05, 4.69) is 5.32 Å². The van der Waals surface area contributed by atoms with Gasteiger partial charge >= 0.3 is 0 Å². The van der Waals surface area contributed by atoms with Crippen molar-refractivity contribution in [1.82, 2.24) is 10.2 Å². The summed E-state index contributed by atoms with van der Waals surface area (Å²) in [6.07, 6.45) is 1.62. The Balaban J connectivity index is 1.60. The fourth-order valence-electron chi connectivity index (χ4n) is 3.28. The molecule has 0 saturated carbocycles. The number of carbonyl (C=O) groups is 2. The monoisotopic (exact) mass is 388 g/mol. The highest BCUT2D eigenvalue weighted by Crippen LogP contribution is 2.25. The zero-order valence-corrected chi connectivity index (χ0v) is 16.4. The number of hydrogen-bond donors (Lipinski definition) is 1. The van der Waals surface area contributed by atoms with Crippen LogP contribution < -0.4 is 14.8 Å². The molecule has 144 valence electrons. The Morgan fingerprint density at radius 3 is 2.81 bits per heavy atom. The molecule has 1 saturated heterocycles. The van der Waals surface area contributed by atoms with Crippen molar-refractivity contribution >= 4 is 23.2 Å². The molecule has 0 spiro atoms. The summed E-state index contributed by atoms with van der Waals surface area (Å²) < 4.78 is 10.6. The molecule has 1 aromatic heterocycles. The highest BCUT2D eigenvalue weighted by atomic mass is 32.1. The lowest BCUT2D eigenvalue weighted by Crippen LogP contribution is -2.45. The standard InChI is InChI=1S/C20H24N2O4S/c1-25-16-7-8-17(26-2)15(11-16)12-21-19(23)14-5-3-9-22(13-14)20(24)18-6-4-10-27-18/h4,6-8,10-11,14H,3,5,9,12-13H2,1-2H3,(H,21,23). The molecule has 2 amide bonds. The van der Waals surface area contributed by atoms with Crippen LogP contribution in [0, 0.1) is 5.92 Å². The fourth-order valence-corrected chi connectivity index (χ4v) is 3.97. The van der Waals surface area contributed by atoms with Gasteiger partial charge in [-0.2, -0.15) is 0 Å². The summed E-state index contributed by atoms with van der Waals surface area (Å²) in [7, 11) is 3.20. The first-order valence-corrected chi connectivity index (χ1v) is 9.81. The maximum Gasteiger partial charge on any atom is 0.263 e. The third kappa shape index (κ3) is 4.60. The topological polar surface area (TPSA) is 67.9 Å². The average molecular weight is 388 g/mol. The number of rotatable bonds is 6. The normalized spacial score (nSPS) is 16.7. The van der Waals surface area contributed by atoms with Crippen LogP contribution in [0.4, 0.5) is 0 Å². The Kier molecular flexibility index (Phi) is 6.34. The van der Waals surface area contributed by atoms with Crippen LogP contribution in [-0.4, -0.2) is 44.0 Å². The molecule has 1 N–H and O–H groups in total. The van der Waals surface area contributed by atoms with E-state index >= 15 is 0 Å². The van der Waals surface area contributed by atoms with Crippen LogP contribution >= 0.6 is 11.3 Å². The second-order valence-electron chi connectivity index (χ2n) is 6.46. The van der Waals surface area contributed by atoms with Crippen LogP contribution in [0.15, 0.2) is 35.7 Å². The van der Waals surface area contributed by atoms with Gasteiger partial charge < -0.3 is 19.7 Å². The van der Waals surface area contributed by atoms with Crippen molar-refractivity contribution in [3.05, 3.63) is 46.2 Å². The first-order valence-electron chi connectivity index (χ1n) is 8.93. The van der Waals surface area contributed by atoms with Crippen molar-refractivity contribution in [1.29, 1.82) is 0 Å². The van der Waals surface area contributed by atoms with Gasteiger partial charge in [0.15, 0.2) is 0 Å². The van der Waals surface area contributed by atoms with Crippen LogP contribution in [0.5, 0.6) is 11.5 Å². The number of nitrogens with one attached hydrogen (secondary N) is 1. The van der Waals surface area contributed by atoms with Crippen LogP contribution in [0.25, 0.3) is 0 Å². The second kappa shape index (κ2) is 8.90. The van der Waals surface area contributed by atoms with Crippen molar-refractivity contribution in [3.8, 4) is 11.5 Å². The minimum atomic E-state index is -0.195. The number of carbonyl (C=O) groups excluding carboxylic acids is 2. The molecule has 0 aliphatic carbocycles. The van der Waals surface area contributed by atoms with E-state index in [0.29, 0.717) is 31.1 Å². The molecule has 0 radical (unpaired) electrons. The number of hydrogen-bond acceptors (Lipinski definition) is 5. The molecule has 27 heavy (non-hydrogen) atoms. The molecule has 6 nitrogen and oxygen atoms in total. The van der Waals surface area contributed by atoms with Crippen molar-refractivity contribution in [2.45, 2.75) is 19.4 Å². The van der Waals surface area contributed by atoms with E-state index in [-0.39, 0.29) is 17.7 Å². The van der Waals surface area contributed by atoms with Gasteiger partial charge in [0.1, 0.15) is 11.5 Å². The minimum absolute atomic E-state index is 0.0111. The number of amides is 2. The molecule has 2 heterocycles. The smallest absolute Gasteiger partial charge is 0.263 e. The number of likely N-dealkylation sites (tertiary alicyclic amines) is 1. The van der Waals surface area contributed by atoms with Gasteiger partial charge in [0, 0.05) is 25.2 Å². The van der Waals surface area contributed by atoms with E-state index in [1.807, 2.05) is 35.7 Å². The van der Waals surface area contributed by atoms with E-state index in [4.69, 9.17) is 9.47 Å². The van der Waals surface area contributed by atoms with Gasteiger partial charge in [0.25, 0.3) is 5.91 Å². The maximum atomic E-state index is 12.7. The highest BCUT2D eigenvalue weighted by Gasteiger charge is 2.29. The van der Waals surface area contributed by atoms with E-state index < -0.39 is 0 Å². The number of thiophene rings is 1. The molecule has 2 aromatic rings. The number of benzene rings is 1. The first kappa shape index (κ1) is 19.2.